The molecule has 0 fully saturated rings. The Morgan fingerprint density at radius 3 is 2.94 bits per heavy atom. The molecule has 0 aromatic carbocycles. The van der Waals surface area contributed by atoms with Crippen molar-refractivity contribution >= 4 is 17.0 Å². The van der Waals surface area contributed by atoms with Crippen molar-refractivity contribution in [2.45, 2.75) is 13.0 Å². The van der Waals surface area contributed by atoms with Gasteiger partial charge in [0.05, 0.1) is 11.0 Å². The first-order valence-corrected chi connectivity index (χ1v) is 5.22. The summed E-state index contributed by atoms with van der Waals surface area (Å²) in [4.78, 5) is 14.6. The van der Waals surface area contributed by atoms with Crippen LogP contribution in [-0.4, -0.2) is 24.8 Å². The van der Waals surface area contributed by atoms with Gasteiger partial charge in [-0.1, -0.05) is 0 Å². The molecule has 1 atom stereocenters. The van der Waals surface area contributed by atoms with Gasteiger partial charge in [-0.2, -0.15) is 5.10 Å². The predicted octanol–water partition coefficient (Wildman–Crippen LogP) is 1.29. The number of thiophene rings is 1. The highest BCUT2D eigenvalue weighted by atomic mass is 32.1. The molecule has 0 amide bonds. The molecule has 84 valence electrons. The maximum atomic E-state index is 10.8. The van der Waals surface area contributed by atoms with Crippen molar-refractivity contribution < 1.29 is 10.0 Å². The van der Waals surface area contributed by atoms with Crippen LogP contribution in [0.2, 0.25) is 0 Å². The molecular weight excluding hydrogens is 232 g/mol. The molecular formula is C8H8N4O3S. The lowest BCUT2D eigenvalue weighted by molar-refractivity contribution is -0.384. The summed E-state index contributed by atoms with van der Waals surface area (Å²) in [5.74, 6) is 0. The SMILES string of the molecule is C[C@@H](O)c1cc([N+](=O)[O-])c(-n2cncn2)s1. The molecule has 2 rings (SSSR count). The van der Waals surface area contributed by atoms with Gasteiger partial charge in [0.15, 0.2) is 5.00 Å². The Labute approximate surface area is 94.1 Å². The second kappa shape index (κ2) is 3.99. The van der Waals surface area contributed by atoms with Crippen molar-refractivity contribution in [1.82, 2.24) is 14.8 Å². The van der Waals surface area contributed by atoms with Crippen molar-refractivity contribution in [3.05, 3.63) is 33.7 Å². The molecule has 2 aromatic heterocycles. The third kappa shape index (κ3) is 1.79. The van der Waals surface area contributed by atoms with E-state index in [9.17, 15) is 15.2 Å². The second-order valence-electron chi connectivity index (χ2n) is 3.11. The number of hydrogen-bond acceptors (Lipinski definition) is 6. The molecule has 0 spiro atoms. The van der Waals surface area contributed by atoms with E-state index in [1.54, 1.807) is 6.92 Å². The van der Waals surface area contributed by atoms with Crippen LogP contribution in [0.25, 0.3) is 5.00 Å². The molecule has 2 aromatic rings. The molecule has 8 heteroatoms. The third-order valence-electron chi connectivity index (χ3n) is 1.95. The van der Waals surface area contributed by atoms with Gasteiger partial charge in [0.25, 0.3) is 0 Å². The minimum absolute atomic E-state index is 0.0774. The van der Waals surface area contributed by atoms with E-state index in [4.69, 9.17) is 0 Å². The minimum atomic E-state index is -0.735. The van der Waals surface area contributed by atoms with Crippen LogP contribution in [0.4, 0.5) is 5.69 Å². The zero-order valence-corrected chi connectivity index (χ0v) is 9.09. The van der Waals surface area contributed by atoms with E-state index in [1.165, 1.54) is 23.4 Å². The van der Waals surface area contributed by atoms with Crippen LogP contribution >= 0.6 is 11.3 Å². The highest BCUT2D eigenvalue weighted by Gasteiger charge is 2.22. The van der Waals surface area contributed by atoms with E-state index in [1.807, 2.05) is 0 Å². The first kappa shape index (κ1) is 10.7. The zero-order chi connectivity index (χ0) is 11.7. The fraction of sp³-hybridized carbons (Fsp3) is 0.250. The lowest BCUT2D eigenvalue weighted by Crippen LogP contribution is -1.95. The van der Waals surface area contributed by atoms with E-state index < -0.39 is 11.0 Å². The van der Waals surface area contributed by atoms with Crippen LogP contribution in [0.15, 0.2) is 18.7 Å². The van der Waals surface area contributed by atoms with Gasteiger partial charge >= 0.3 is 5.69 Å². The molecule has 0 saturated carbocycles. The van der Waals surface area contributed by atoms with Gasteiger partial charge in [-0.15, -0.1) is 11.3 Å². The molecule has 0 saturated heterocycles. The quantitative estimate of drug-likeness (QED) is 0.644. The summed E-state index contributed by atoms with van der Waals surface area (Å²) >= 11 is 1.12. The van der Waals surface area contributed by atoms with Gasteiger partial charge < -0.3 is 5.11 Å². The van der Waals surface area contributed by atoms with Gasteiger partial charge in [-0.05, 0) is 6.92 Å². The van der Waals surface area contributed by atoms with Crippen LogP contribution in [0, 0.1) is 10.1 Å². The van der Waals surface area contributed by atoms with Gasteiger partial charge in [0, 0.05) is 10.9 Å². The summed E-state index contributed by atoms with van der Waals surface area (Å²) in [6, 6.07) is 1.35. The number of nitro groups is 1. The number of nitrogens with zero attached hydrogens (tertiary/aromatic N) is 4. The Bertz CT molecular complexity index is 505. The smallest absolute Gasteiger partial charge is 0.306 e. The van der Waals surface area contributed by atoms with Crippen molar-refractivity contribution in [2.75, 3.05) is 0 Å². The average Bonchev–Trinajstić information content (AvgIpc) is 2.86. The van der Waals surface area contributed by atoms with Crippen LogP contribution in [0.3, 0.4) is 0 Å². The lowest BCUT2D eigenvalue weighted by atomic mass is 10.3. The number of aliphatic hydroxyl groups is 1. The highest BCUT2D eigenvalue weighted by Crippen LogP contribution is 2.35. The van der Waals surface area contributed by atoms with E-state index >= 15 is 0 Å². The van der Waals surface area contributed by atoms with Crippen molar-refractivity contribution in [3.8, 4) is 5.00 Å². The normalized spacial score (nSPS) is 12.6. The van der Waals surface area contributed by atoms with E-state index in [0.29, 0.717) is 9.88 Å². The van der Waals surface area contributed by atoms with Gasteiger partial charge in [-0.25, -0.2) is 9.67 Å². The Morgan fingerprint density at radius 2 is 2.44 bits per heavy atom. The predicted molar refractivity (Wildman–Crippen MR) is 56.5 cm³/mol. The summed E-state index contributed by atoms with van der Waals surface area (Å²) in [6.45, 7) is 1.56. The molecule has 0 aliphatic heterocycles. The maximum absolute atomic E-state index is 10.8. The van der Waals surface area contributed by atoms with Crippen LogP contribution in [0.1, 0.15) is 17.9 Å². The number of aromatic nitrogens is 3. The Balaban J connectivity index is 2.55. The highest BCUT2D eigenvalue weighted by molar-refractivity contribution is 7.15. The topological polar surface area (TPSA) is 94.1 Å². The van der Waals surface area contributed by atoms with E-state index in [2.05, 4.69) is 10.1 Å². The molecule has 2 heterocycles. The van der Waals surface area contributed by atoms with Crippen LogP contribution in [0.5, 0.6) is 0 Å². The lowest BCUT2D eigenvalue weighted by Gasteiger charge is -1.96. The minimum Gasteiger partial charge on any atom is -0.388 e. The zero-order valence-electron chi connectivity index (χ0n) is 8.27. The van der Waals surface area contributed by atoms with Gasteiger partial charge in [0.2, 0.25) is 0 Å². The summed E-state index contributed by atoms with van der Waals surface area (Å²) < 4.78 is 1.31. The first-order valence-electron chi connectivity index (χ1n) is 4.40. The Morgan fingerprint density at radius 1 is 1.69 bits per heavy atom. The average molecular weight is 240 g/mol. The van der Waals surface area contributed by atoms with Crippen molar-refractivity contribution in [1.29, 1.82) is 0 Å². The largest absolute Gasteiger partial charge is 0.388 e. The van der Waals surface area contributed by atoms with Crippen LogP contribution < -0.4 is 0 Å². The molecule has 0 bridgehead atoms. The molecule has 1 N–H and O–H groups in total. The number of rotatable bonds is 3. The fourth-order valence-electron chi connectivity index (χ4n) is 1.20. The van der Waals surface area contributed by atoms with Crippen molar-refractivity contribution in [2.24, 2.45) is 0 Å². The van der Waals surface area contributed by atoms with Crippen molar-refractivity contribution in [3.63, 3.8) is 0 Å². The standard InChI is InChI=1S/C8H8N4O3S/c1-5(13)7-2-6(12(14)15)8(16-7)11-4-9-3-10-11/h2-5,13H,1H3/t5-/m1/s1. The summed E-state index contributed by atoms with van der Waals surface area (Å²) in [7, 11) is 0. The molecule has 0 unspecified atom stereocenters. The molecule has 0 aliphatic rings. The third-order valence-corrected chi connectivity index (χ3v) is 3.23. The molecule has 0 aliphatic carbocycles. The molecule has 16 heavy (non-hydrogen) atoms. The Hall–Kier alpha value is -1.80. The first-order chi connectivity index (χ1) is 7.59. The number of hydrogen-bond donors (Lipinski definition) is 1. The van der Waals surface area contributed by atoms with E-state index in [0.717, 1.165) is 11.3 Å². The van der Waals surface area contributed by atoms with E-state index in [-0.39, 0.29) is 5.69 Å². The maximum Gasteiger partial charge on any atom is 0.306 e. The molecule has 0 radical (unpaired) electrons. The summed E-state index contributed by atoms with van der Waals surface area (Å²) in [5.41, 5.74) is -0.0774. The van der Waals surface area contributed by atoms with Crippen LogP contribution in [-0.2, 0) is 0 Å². The fourth-order valence-corrected chi connectivity index (χ4v) is 2.19. The molecule has 7 nitrogen and oxygen atoms in total. The second-order valence-corrected chi connectivity index (χ2v) is 4.17. The summed E-state index contributed by atoms with van der Waals surface area (Å²) in [6.07, 6.45) is 1.94. The Kier molecular flexibility index (Phi) is 2.67. The van der Waals surface area contributed by atoms with Gasteiger partial charge in [0.1, 0.15) is 12.7 Å². The van der Waals surface area contributed by atoms with Gasteiger partial charge in [-0.3, -0.25) is 10.1 Å². The monoisotopic (exact) mass is 240 g/mol. The summed E-state index contributed by atoms with van der Waals surface area (Å²) in [5, 5.41) is 24.4. The number of aliphatic hydroxyl groups excluding tert-OH is 1.